The molecule has 4 nitrogen and oxygen atoms in total. The molecule has 0 radical (unpaired) electrons. The number of aromatic amines is 1. The number of nitrogens with zero attached hydrogens (tertiary/aromatic N) is 2. The lowest BCUT2D eigenvalue weighted by Gasteiger charge is -2.26. The van der Waals surface area contributed by atoms with E-state index >= 15 is 0 Å². The first-order chi connectivity index (χ1) is 10.6. The molecule has 0 fully saturated rings. The first-order valence-electron chi connectivity index (χ1n) is 7.54. The van der Waals surface area contributed by atoms with E-state index < -0.39 is 0 Å². The summed E-state index contributed by atoms with van der Waals surface area (Å²) >= 11 is 0. The van der Waals surface area contributed by atoms with E-state index in [1.54, 1.807) is 6.07 Å². The van der Waals surface area contributed by atoms with Gasteiger partial charge in [0.1, 0.15) is 11.6 Å². The number of halogens is 1. The number of aromatic nitrogens is 2. The summed E-state index contributed by atoms with van der Waals surface area (Å²) in [7, 11) is 0. The fourth-order valence-corrected chi connectivity index (χ4v) is 3.31. The van der Waals surface area contributed by atoms with Gasteiger partial charge in [0.15, 0.2) is 5.89 Å². The van der Waals surface area contributed by atoms with Gasteiger partial charge in [0.05, 0.1) is 5.69 Å². The summed E-state index contributed by atoms with van der Waals surface area (Å²) in [5, 5.41) is 0.993. The van der Waals surface area contributed by atoms with Gasteiger partial charge in [-0.15, -0.1) is 0 Å². The maximum Gasteiger partial charge on any atom is 0.191 e. The number of oxazole rings is 1. The molecule has 0 saturated carbocycles. The Balaban J connectivity index is 1.64. The number of hydrogen-bond acceptors (Lipinski definition) is 3. The van der Waals surface area contributed by atoms with Gasteiger partial charge in [0.2, 0.25) is 0 Å². The van der Waals surface area contributed by atoms with E-state index in [4.69, 9.17) is 4.42 Å². The van der Waals surface area contributed by atoms with E-state index in [0.29, 0.717) is 5.89 Å². The predicted molar refractivity (Wildman–Crippen MR) is 82.1 cm³/mol. The summed E-state index contributed by atoms with van der Waals surface area (Å²) in [6, 6.07) is 4.95. The van der Waals surface area contributed by atoms with Crippen LogP contribution in [0.5, 0.6) is 0 Å². The second-order valence-electron chi connectivity index (χ2n) is 5.97. The second kappa shape index (κ2) is 4.95. The molecule has 1 N–H and O–H groups in total. The Hall–Kier alpha value is -2.14. The maximum atomic E-state index is 13.5. The lowest BCUT2D eigenvalue weighted by Crippen LogP contribution is -2.30. The molecule has 0 saturated heterocycles. The quantitative estimate of drug-likeness (QED) is 0.788. The molecule has 1 aliphatic heterocycles. The lowest BCUT2D eigenvalue weighted by atomic mass is 10.0. The summed E-state index contributed by atoms with van der Waals surface area (Å²) < 4.78 is 19.0. The van der Waals surface area contributed by atoms with Crippen LogP contribution in [0.1, 0.15) is 28.6 Å². The van der Waals surface area contributed by atoms with Crippen LogP contribution in [0.25, 0.3) is 10.9 Å². The Morgan fingerprint density at radius 1 is 1.36 bits per heavy atom. The number of rotatable bonds is 2. The third-order valence-electron chi connectivity index (χ3n) is 4.39. The number of aryl methyl sites for hydroxylation is 2. The van der Waals surface area contributed by atoms with Crippen LogP contribution in [0.3, 0.4) is 0 Å². The summed E-state index contributed by atoms with van der Waals surface area (Å²) in [5.41, 5.74) is 4.44. The van der Waals surface area contributed by atoms with Crippen molar-refractivity contribution in [1.82, 2.24) is 14.9 Å². The summed E-state index contributed by atoms with van der Waals surface area (Å²) in [4.78, 5) is 10.2. The van der Waals surface area contributed by atoms with E-state index in [2.05, 4.69) is 14.9 Å². The van der Waals surface area contributed by atoms with Gasteiger partial charge >= 0.3 is 0 Å². The molecule has 0 bridgehead atoms. The van der Waals surface area contributed by atoms with Crippen molar-refractivity contribution in [2.24, 2.45) is 0 Å². The minimum Gasteiger partial charge on any atom is -0.446 e. The van der Waals surface area contributed by atoms with Gasteiger partial charge in [0.25, 0.3) is 0 Å². The molecule has 0 atom stereocenters. The molecule has 1 aliphatic rings. The second-order valence-corrected chi connectivity index (χ2v) is 5.97. The Labute approximate surface area is 128 Å². The maximum absolute atomic E-state index is 13.5. The Kier molecular flexibility index (Phi) is 3.04. The molecule has 3 aromatic rings. The highest BCUT2D eigenvalue weighted by Crippen LogP contribution is 2.29. The molecule has 114 valence electrons. The molecule has 4 rings (SSSR count). The lowest BCUT2D eigenvalue weighted by molar-refractivity contribution is 0.242. The zero-order valence-electron chi connectivity index (χ0n) is 12.7. The third kappa shape index (κ3) is 2.22. The number of benzene rings is 1. The smallest absolute Gasteiger partial charge is 0.191 e. The van der Waals surface area contributed by atoms with Gasteiger partial charge in [-0.25, -0.2) is 9.37 Å². The monoisotopic (exact) mass is 299 g/mol. The largest absolute Gasteiger partial charge is 0.446 e. The summed E-state index contributed by atoms with van der Waals surface area (Å²) in [6.45, 7) is 6.36. The van der Waals surface area contributed by atoms with Crippen molar-refractivity contribution in [1.29, 1.82) is 0 Å². The van der Waals surface area contributed by atoms with Crippen LogP contribution in [-0.2, 0) is 19.5 Å². The van der Waals surface area contributed by atoms with Crippen LogP contribution in [0.15, 0.2) is 22.6 Å². The van der Waals surface area contributed by atoms with Crippen LogP contribution >= 0.6 is 0 Å². The molecule has 0 amide bonds. The van der Waals surface area contributed by atoms with Gasteiger partial charge < -0.3 is 9.40 Å². The Morgan fingerprint density at radius 2 is 2.23 bits per heavy atom. The van der Waals surface area contributed by atoms with Crippen LogP contribution in [0, 0.1) is 19.7 Å². The van der Waals surface area contributed by atoms with E-state index in [1.165, 1.54) is 17.3 Å². The highest BCUT2D eigenvalue weighted by Gasteiger charge is 2.22. The van der Waals surface area contributed by atoms with Crippen LogP contribution in [0.4, 0.5) is 4.39 Å². The predicted octanol–water partition coefficient (Wildman–Crippen LogP) is 3.47. The fraction of sp³-hybridized carbons (Fsp3) is 0.353. The number of fused-ring (bicyclic) bond motifs is 3. The highest BCUT2D eigenvalue weighted by atomic mass is 19.1. The van der Waals surface area contributed by atoms with Crippen LogP contribution in [-0.4, -0.2) is 21.4 Å². The van der Waals surface area contributed by atoms with Crippen LogP contribution < -0.4 is 0 Å². The Bertz CT molecular complexity index is 849. The molecule has 22 heavy (non-hydrogen) atoms. The average Bonchev–Trinajstić information content (AvgIpc) is 2.99. The molecule has 1 aromatic carbocycles. The van der Waals surface area contributed by atoms with Crippen molar-refractivity contribution in [2.45, 2.75) is 33.4 Å². The molecule has 3 heterocycles. The minimum absolute atomic E-state index is 0.186. The van der Waals surface area contributed by atoms with Gasteiger partial charge in [-0.2, -0.15) is 0 Å². The fourth-order valence-electron chi connectivity index (χ4n) is 3.31. The van der Waals surface area contributed by atoms with E-state index in [-0.39, 0.29) is 5.82 Å². The minimum atomic E-state index is -0.186. The van der Waals surface area contributed by atoms with Gasteiger partial charge in [-0.05, 0) is 30.7 Å². The van der Waals surface area contributed by atoms with Crippen molar-refractivity contribution in [3.05, 3.63) is 52.6 Å². The molecule has 0 aliphatic carbocycles. The third-order valence-corrected chi connectivity index (χ3v) is 4.39. The van der Waals surface area contributed by atoms with Gasteiger partial charge in [-0.1, -0.05) is 0 Å². The van der Waals surface area contributed by atoms with Crippen molar-refractivity contribution in [3.8, 4) is 0 Å². The number of H-pyrrole nitrogens is 1. The topological polar surface area (TPSA) is 45.1 Å². The Morgan fingerprint density at radius 3 is 3.00 bits per heavy atom. The van der Waals surface area contributed by atoms with E-state index in [0.717, 1.165) is 48.4 Å². The van der Waals surface area contributed by atoms with Crippen molar-refractivity contribution in [3.63, 3.8) is 0 Å². The molecule has 2 aromatic heterocycles. The van der Waals surface area contributed by atoms with Gasteiger partial charge in [0, 0.05) is 49.6 Å². The standard InChI is InChI=1S/C17H18FN3O/c1-10-17(19-11(2)22-10)9-21-6-5-16-14(8-21)13-7-12(18)3-4-15(13)20-16/h3-4,7,20H,5-6,8-9H2,1-2H3. The van der Waals surface area contributed by atoms with Gasteiger partial charge in [-0.3, -0.25) is 4.90 Å². The van der Waals surface area contributed by atoms with E-state index in [1.807, 2.05) is 19.9 Å². The highest BCUT2D eigenvalue weighted by molar-refractivity contribution is 5.84. The van der Waals surface area contributed by atoms with Crippen molar-refractivity contribution in [2.75, 3.05) is 6.54 Å². The molecule has 5 heteroatoms. The van der Waals surface area contributed by atoms with Crippen LogP contribution in [0.2, 0.25) is 0 Å². The molecular formula is C17H18FN3O. The van der Waals surface area contributed by atoms with E-state index in [9.17, 15) is 4.39 Å². The first kappa shape index (κ1) is 13.5. The van der Waals surface area contributed by atoms with Crippen molar-refractivity contribution < 1.29 is 8.81 Å². The van der Waals surface area contributed by atoms with Crippen molar-refractivity contribution >= 4 is 10.9 Å². The average molecular weight is 299 g/mol. The molecule has 0 spiro atoms. The number of hydrogen-bond donors (Lipinski definition) is 1. The zero-order valence-corrected chi connectivity index (χ0v) is 12.7. The summed E-state index contributed by atoms with van der Waals surface area (Å²) in [6.07, 6.45) is 0.946. The SMILES string of the molecule is Cc1nc(CN2CCc3[nH]c4ccc(F)cc4c3C2)c(C)o1. The normalized spacial score (nSPS) is 15.4. The number of nitrogens with one attached hydrogen (secondary N) is 1. The summed E-state index contributed by atoms with van der Waals surface area (Å²) in [5.74, 6) is 1.40. The first-order valence-corrected chi connectivity index (χ1v) is 7.54. The molecule has 0 unspecified atom stereocenters. The zero-order chi connectivity index (χ0) is 15.3. The molecular weight excluding hydrogens is 281 g/mol.